The van der Waals surface area contributed by atoms with E-state index in [9.17, 15) is 4.39 Å². The maximum Gasteiger partial charge on any atom is 0.123 e. The Bertz CT molecular complexity index is 497. The van der Waals surface area contributed by atoms with Crippen LogP contribution >= 0.6 is 11.3 Å². The molecule has 1 aromatic carbocycles. The molecule has 1 aromatic heterocycles. The Morgan fingerprint density at radius 2 is 2.17 bits per heavy atom. The summed E-state index contributed by atoms with van der Waals surface area (Å²) in [5.74, 6) is -0.231. The van der Waals surface area contributed by atoms with E-state index in [2.05, 4.69) is 22.4 Å². The normalized spacial score (nSPS) is 10.6. The van der Waals surface area contributed by atoms with E-state index in [4.69, 9.17) is 5.73 Å². The first-order valence-electron chi connectivity index (χ1n) is 5.92. The molecule has 0 saturated heterocycles. The van der Waals surface area contributed by atoms with E-state index in [-0.39, 0.29) is 5.82 Å². The second-order valence-corrected chi connectivity index (χ2v) is 5.26. The largest absolute Gasteiger partial charge is 0.374 e. The van der Waals surface area contributed by atoms with E-state index < -0.39 is 0 Å². The first kappa shape index (κ1) is 13.1. The molecule has 2 aromatic rings. The second kappa shape index (κ2) is 5.98. The maximum atomic E-state index is 13.1. The van der Waals surface area contributed by atoms with Gasteiger partial charge in [0.1, 0.15) is 5.82 Å². The predicted octanol–water partition coefficient (Wildman–Crippen LogP) is 3.02. The lowest BCUT2D eigenvalue weighted by Crippen LogP contribution is -2.22. The van der Waals surface area contributed by atoms with Crippen molar-refractivity contribution in [2.45, 2.75) is 13.0 Å². The van der Waals surface area contributed by atoms with E-state index in [1.54, 1.807) is 17.4 Å². The standard InChI is InChI=1S/C14H17FN2S/c1-17(7-6-13-3-2-8-18-13)14-5-4-12(15)9-11(14)10-16/h2-5,8-9H,6-7,10,16H2,1H3. The molecule has 0 radical (unpaired) electrons. The lowest BCUT2D eigenvalue weighted by Gasteiger charge is -2.22. The molecule has 18 heavy (non-hydrogen) atoms. The zero-order valence-electron chi connectivity index (χ0n) is 10.4. The number of halogens is 1. The summed E-state index contributed by atoms with van der Waals surface area (Å²) in [6, 6.07) is 8.98. The third-order valence-corrected chi connectivity index (χ3v) is 3.88. The van der Waals surface area contributed by atoms with Gasteiger partial charge in [-0.25, -0.2) is 4.39 Å². The van der Waals surface area contributed by atoms with Gasteiger partial charge in [0.15, 0.2) is 0 Å². The molecular weight excluding hydrogens is 247 g/mol. The quantitative estimate of drug-likeness (QED) is 0.899. The van der Waals surface area contributed by atoms with Crippen LogP contribution < -0.4 is 10.6 Å². The van der Waals surface area contributed by atoms with Crippen molar-refractivity contribution in [2.75, 3.05) is 18.5 Å². The zero-order chi connectivity index (χ0) is 13.0. The summed E-state index contributed by atoms with van der Waals surface area (Å²) in [4.78, 5) is 3.49. The van der Waals surface area contributed by atoms with E-state index in [0.29, 0.717) is 6.54 Å². The summed E-state index contributed by atoms with van der Waals surface area (Å²) >= 11 is 1.76. The Balaban J connectivity index is 2.06. The molecule has 96 valence electrons. The Hall–Kier alpha value is -1.39. The smallest absolute Gasteiger partial charge is 0.123 e. The van der Waals surface area contributed by atoms with Gasteiger partial charge in [-0.1, -0.05) is 6.07 Å². The van der Waals surface area contributed by atoms with Gasteiger partial charge in [-0.15, -0.1) is 11.3 Å². The van der Waals surface area contributed by atoms with Crippen LogP contribution in [0.25, 0.3) is 0 Å². The topological polar surface area (TPSA) is 29.3 Å². The molecule has 2 nitrogen and oxygen atoms in total. The summed E-state index contributed by atoms with van der Waals surface area (Å²) in [6.45, 7) is 1.26. The van der Waals surface area contributed by atoms with Crippen molar-refractivity contribution in [3.05, 3.63) is 52.0 Å². The molecule has 0 atom stereocenters. The van der Waals surface area contributed by atoms with Gasteiger partial charge < -0.3 is 10.6 Å². The van der Waals surface area contributed by atoms with E-state index in [0.717, 1.165) is 24.2 Å². The van der Waals surface area contributed by atoms with Crippen LogP contribution in [0.4, 0.5) is 10.1 Å². The van der Waals surface area contributed by atoms with Crippen molar-refractivity contribution < 1.29 is 4.39 Å². The highest BCUT2D eigenvalue weighted by atomic mass is 32.1. The molecule has 0 fully saturated rings. The molecule has 0 aliphatic carbocycles. The Kier molecular flexibility index (Phi) is 4.33. The molecule has 0 aliphatic heterocycles. The van der Waals surface area contributed by atoms with E-state index in [1.165, 1.54) is 17.0 Å². The van der Waals surface area contributed by atoms with Gasteiger partial charge in [-0.05, 0) is 41.6 Å². The van der Waals surface area contributed by atoms with Crippen LogP contribution in [0.2, 0.25) is 0 Å². The van der Waals surface area contributed by atoms with Gasteiger partial charge in [0.05, 0.1) is 0 Å². The third-order valence-electron chi connectivity index (χ3n) is 2.95. The molecule has 0 aliphatic rings. The Morgan fingerprint density at radius 3 is 2.83 bits per heavy atom. The van der Waals surface area contributed by atoms with Crippen LogP contribution in [0.1, 0.15) is 10.4 Å². The van der Waals surface area contributed by atoms with Crippen molar-refractivity contribution in [2.24, 2.45) is 5.73 Å². The van der Waals surface area contributed by atoms with Crippen molar-refractivity contribution in [3.8, 4) is 0 Å². The van der Waals surface area contributed by atoms with Crippen LogP contribution in [0.5, 0.6) is 0 Å². The van der Waals surface area contributed by atoms with E-state index in [1.807, 2.05) is 7.05 Å². The molecule has 0 spiro atoms. The number of anilines is 1. The van der Waals surface area contributed by atoms with Gasteiger partial charge in [0.25, 0.3) is 0 Å². The highest BCUT2D eigenvalue weighted by Crippen LogP contribution is 2.21. The summed E-state index contributed by atoms with van der Waals surface area (Å²) < 4.78 is 13.1. The number of thiophene rings is 1. The zero-order valence-corrected chi connectivity index (χ0v) is 11.2. The highest BCUT2D eigenvalue weighted by Gasteiger charge is 2.08. The van der Waals surface area contributed by atoms with Crippen molar-refractivity contribution in [1.29, 1.82) is 0 Å². The molecule has 2 rings (SSSR count). The molecule has 2 N–H and O–H groups in total. The first-order chi connectivity index (χ1) is 8.70. The molecule has 0 saturated carbocycles. The van der Waals surface area contributed by atoms with Gasteiger partial charge in [0.2, 0.25) is 0 Å². The number of hydrogen-bond acceptors (Lipinski definition) is 3. The lowest BCUT2D eigenvalue weighted by atomic mass is 10.1. The molecular formula is C14H17FN2S. The van der Waals surface area contributed by atoms with Crippen LogP contribution in [0, 0.1) is 5.82 Å². The summed E-state index contributed by atoms with van der Waals surface area (Å²) in [7, 11) is 2.01. The Labute approximate surface area is 111 Å². The predicted molar refractivity (Wildman–Crippen MR) is 75.6 cm³/mol. The van der Waals surface area contributed by atoms with Crippen LogP contribution in [-0.4, -0.2) is 13.6 Å². The average Bonchev–Trinajstić information content (AvgIpc) is 2.88. The van der Waals surface area contributed by atoms with Crippen molar-refractivity contribution in [3.63, 3.8) is 0 Å². The summed E-state index contributed by atoms with van der Waals surface area (Å²) in [5.41, 5.74) is 7.52. The minimum absolute atomic E-state index is 0.231. The van der Waals surface area contributed by atoms with Gasteiger partial charge in [-0.3, -0.25) is 0 Å². The average molecular weight is 264 g/mol. The molecule has 4 heteroatoms. The van der Waals surface area contributed by atoms with Crippen LogP contribution in [0.15, 0.2) is 35.7 Å². The molecule has 0 unspecified atom stereocenters. The number of hydrogen-bond donors (Lipinski definition) is 1. The fourth-order valence-electron chi connectivity index (χ4n) is 1.94. The first-order valence-corrected chi connectivity index (χ1v) is 6.80. The van der Waals surface area contributed by atoms with Gasteiger partial charge in [0, 0.05) is 30.7 Å². The SMILES string of the molecule is CN(CCc1cccs1)c1ccc(F)cc1CN. The van der Waals surface area contributed by atoms with Crippen molar-refractivity contribution in [1.82, 2.24) is 0 Å². The minimum atomic E-state index is -0.231. The summed E-state index contributed by atoms with van der Waals surface area (Å²) in [6.07, 6.45) is 0.996. The van der Waals surface area contributed by atoms with Crippen molar-refractivity contribution >= 4 is 17.0 Å². The molecule has 1 heterocycles. The number of nitrogens with zero attached hydrogens (tertiary/aromatic N) is 1. The summed E-state index contributed by atoms with van der Waals surface area (Å²) in [5, 5.41) is 2.08. The minimum Gasteiger partial charge on any atom is -0.374 e. The lowest BCUT2D eigenvalue weighted by molar-refractivity contribution is 0.625. The fourth-order valence-corrected chi connectivity index (χ4v) is 2.64. The van der Waals surface area contributed by atoms with Crippen LogP contribution in [-0.2, 0) is 13.0 Å². The molecule has 0 bridgehead atoms. The van der Waals surface area contributed by atoms with Gasteiger partial charge in [-0.2, -0.15) is 0 Å². The monoisotopic (exact) mass is 264 g/mol. The number of rotatable bonds is 5. The van der Waals surface area contributed by atoms with Crippen LogP contribution in [0.3, 0.4) is 0 Å². The number of likely N-dealkylation sites (N-methyl/N-ethyl adjacent to an activating group) is 1. The third kappa shape index (κ3) is 3.09. The Morgan fingerprint density at radius 1 is 1.33 bits per heavy atom. The van der Waals surface area contributed by atoms with Gasteiger partial charge >= 0.3 is 0 Å². The number of nitrogens with two attached hydrogens (primary N) is 1. The fraction of sp³-hybridized carbons (Fsp3) is 0.286. The van der Waals surface area contributed by atoms with E-state index >= 15 is 0 Å². The maximum absolute atomic E-state index is 13.1. The molecule has 0 amide bonds. The second-order valence-electron chi connectivity index (χ2n) is 4.23. The number of benzene rings is 1. The highest BCUT2D eigenvalue weighted by molar-refractivity contribution is 7.09.